The van der Waals surface area contributed by atoms with E-state index in [1.807, 2.05) is 25.1 Å². The Hall–Kier alpha value is -2.74. The fraction of sp³-hybridized carbons (Fsp3) is 0.222. The second-order valence-electron chi connectivity index (χ2n) is 8.90. The lowest BCUT2D eigenvalue weighted by atomic mass is 9.98. The molecule has 3 aliphatic rings. The summed E-state index contributed by atoms with van der Waals surface area (Å²) in [7, 11) is 0. The van der Waals surface area contributed by atoms with E-state index < -0.39 is 0 Å². The van der Waals surface area contributed by atoms with Crippen LogP contribution in [0, 0.1) is 6.92 Å². The highest BCUT2D eigenvalue weighted by Gasteiger charge is 2.36. The Balaban J connectivity index is 1.34. The number of fused-ring (bicyclic) bond motifs is 4. The van der Waals surface area contributed by atoms with Gasteiger partial charge < -0.3 is 18.9 Å². The topological polar surface area (TPSA) is 57.2 Å². The number of Topliss-reactive ketones (excluding diaryl/α,β-unsaturated/α-hetero) is 1. The molecule has 0 saturated carbocycles. The van der Waals surface area contributed by atoms with Gasteiger partial charge in [-0.25, -0.2) is 0 Å². The number of ether oxygens (including phenoxy) is 4. The molecule has 0 fully saturated rings. The van der Waals surface area contributed by atoms with Crippen molar-refractivity contribution in [1.29, 1.82) is 0 Å². The minimum Gasteiger partial charge on any atom is -0.478 e. The van der Waals surface area contributed by atoms with Gasteiger partial charge in [0, 0.05) is 39.3 Å². The molecule has 9 heteroatoms. The Labute approximate surface area is 222 Å². The Morgan fingerprint density at radius 1 is 1.03 bits per heavy atom. The summed E-state index contributed by atoms with van der Waals surface area (Å²) in [5.74, 6) is 1.88. The third kappa shape index (κ3) is 4.23. The molecular formula is C27H20Cl3NO5. The largest absolute Gasteiger partial charge is 0.478 e. The van der Waals surface area contributed by atoms with E-state index in [0.717, 1.165) is 22.3 Å². The molecule has 3 aromatic carbocycles. The first-order chi connectivity index (χ1) is 17.4. The van der Waals surface area contributed by atoms with Crippen molar-refractivity contribution in [2.45, 2.75) is 26.6 Å². The lowest BCUT2D eigenvalue weighted by molar-refractivity contribution is -0.0165. The molecule has 3 heterocycles. The summed E-state index contributed by atoms with van der Waals surface area (Å²) in [6.07, 6.45) is 1.68. The number of nitrogens with zero attached hydrogens (tertiary/aromatic N) is 1. The summed E-state index contributed by atoms with van der Waals surface area (Å²) >= 11 is 18.7. The molecule has 0 spiro atoms. The second kappa shape index (κ2) is 9.29. The molecule has 0 bridgehead atoms. The lowest BCUT2D eigenvalue weighted by Crippen LogP contribution is -2.32. The van der Waals surface area contributed by atoms with Gasteiger partial charge in [0.25, 0.3) is 0 Å². The van der Waals surface area contributed by atoms with Gasteiger partial charge in [0.15, 0.2) is 12.6 Å². The maximum Gasteiger partial charge on any atom is 0.232 e. The maximum atomic E-state index is 13.4. The van der Waals surface area contributed by atoms with Crippen molar-refractivity contribution in [2.24, 2.45) is 0 Å². The summed E-state index contributed by atoms with van der Waals surface area (Å²) in [6.45, 7) is 3.88. The molecule has 0 aliphatic carbocycles. The van der Waals surface area contributed by atoms with E-state index in [4.69, 9.17) is 53.8 Å². The van der Waals surface area contributed by atoms with E-state index >= 15 is 0 Å². The van der Waals surface area contributed by atoms with Crippen LogP contribution in [0.5, 0.6) is 17.2 Å². The highest BCUT2D eigenvalue weighted by Crippen LogP contribution is 2.45. The van der Waals surface area contributed by atoms with Crippen molar-refractivity contribution >= 4 is 46.7 Å². The van der Waals surface area contributed by atoms with E-state index in [1.54, 1.807) is 24.3 Å². The number of allylic oxidation sites excluding steroid dienone is 1. The lowest BCUT2D eigenvalue weighted by Gasteiger charge is -2.30. The highest BCUT2D eigenvalue weighted by molar-refractivity contribution is 6.35. The van der Waals surface area contributed by atoms with Crippen molar-refractivity contribution in [2.75, 3.05) is 13.5 Å². The molecule has 6 rings (SSSR count). The first-order valence-electron chi connectivity index (χ1n) is 11.3. The molecule has 3 aliphatic heterocycles. The van der Waals surface area contributed by atoms with Gasteiger partial charge in [-0.1, -0.05) is 40.9 Å². The van der Waals surface area contributed by atoms with Crippen LogP contribution in [0.15, 0.2) is 42.2 Å². The van der Waals surface area contributed by atoms with Gasteiger partial charge in [0.1, 0.15) is 24.0 Å². The smallest absolute Gasteiger partial charge is 0.232 e. The molecule has 0 radical (unpaired) electrons. The van der Waals surface area contributed by atoms with Crippen LogP contribution in [0.4, 0.5) is 0 Å². The minimum absolute atomic E-state index is 0.136. The number of aryl methyl sites for hydroxylation is 1. The van der Waals surface area contributed by atoms with Gasteiger partial charge in [-0.05, 0) is 54.5 Å². The molecule has 184 valence electrons. The van der Waals surface area contributed by atoms with Crippen LogP contribution in [0.1, 0.15) is 38.2 Å². The number of hydrogen-bond acceptors (Lipinski definition) is 6. The highest BCUT2D eigenvalue weighted by atomic mass is 35.5. The molecular weight excluding hydrogens is 525 g/mol. The summed E-state index contributed by atoms with van der Waals surface area (Å²) in [5, 5.41) is 1.70. The van der Waals surface area contributed by atoms with Crippen molar-refractivity contribution in [3.05, 3.63) is 90.6 Å². The quantitative estimate of drug-likeness (QED) is 0.338. The Bertz CT molecular complexity index is 1450. The zero-order valence-corrected chi connectivity index (χ0v) is 21.5. The number of halogens is 3. The van der Waals surface area contributed by atoms with Crippen LogP contribution >= 0.6 is 34.8 Å². The van der Waals surface area contributed by atoms with Crippen LogP contribution in [-0.4, -0.2) is 24.2 Å². The zero-order chi connectivity index (χ0) is 25.0. The van der Waals surface area contributed by atoms with Gasteiger partial charge in [0.05, 0.1) is 17.7 Å². The van der Waals surface area contributed by atoms with Gasteiger partial charge in [-0.2, -0.15) is 0 Å². The standard InChI is InChI=1S/C27H20Cl3NO5/c1-14-4-22-20(10-31(12-34-22)9-15-2-3-18(28)8-21(15)30)27-24(14)25(32)23(36-27)7-16-5-19(29)6-17-11-33-13-35-26(16)17/h2-8H,9-13H2,1H3/b23-7-. The number of benzene rings is 3. The number of carbonyl (C=O) groups is 1. The summed E-state index contributed by atoms with van der Waals surface area (Å²) in [5.41, 5.74) is 4.57. The molecule has 0 amide bonds. The first kappa shape index (κ1) is 23.6. The van der Waals surface area contributed by atoms with Crippen LogP contribution < -0.4 is 14.2 Å². The summed E-state index contributed by atoms with van der Waals surface area (Å²) < 4.78 is 23.3. The molecule has 3 aromatic rings. The Kier molecular flexibility index (Phi) is 6.10. The fourth-order valence-corrected chi connectivity index (χ4v) is 5.44. The third-order valence-corrected chi connectivity index (χ3v) is 7.19. The SMILES string of the molecule is Cc1cc2c(c3c1C(=O)/C(=C/c1cc(Cl)cc4c1OCOC4)O3)CN(Cc1ccc(Cl)cc1Cl)CO2. The van der Waals surface area contributed by atoms with E-state index in [2.05, 4.69) is 4.90 Å². The number of carbonyl (C=O) groups excluding carboxylic acids is 1. The van der Waals surface area contributed by atoms with Crippen molar-refractivity contribution < 1.29 is 23.7 Å². The molecule has 0 aromatic heterocycles. The predicted molar refractivity (Wildman–Crippen MR) is 137 cm³/mol. The molecule has 0 atom stereocenters. The predicted octanol–water partition coefficient (Wildman–Crippen LogP) is 6.79. The zero-order valence-electron chi connectivity index (χ0n) is 19.2. The monoisotopic (exact) mass is 543 g/mol. The minimum atomic E-state index is -0.191. The van der Waals surface area contributed by atoms with Crippen molar-refractivity contribution in [1.82, 2.24) is 4.90 Å². The van der Waals surface area contributed by atoms with E-state index in [1.165, 1.54) is 0 Å². The first-order valence-corrected chi connectivity index (χ1v) is 12.4. The average molecular weight is 545 g/mol. The fourth-order valence-electron chi connectivity index (χ4n) is 4.73. The second-order valence-corrected chi connectivity index (χ2v) is 10.2. The third-order valence-electron chi connectivity index (χ3n) is 6.39. The van der Waals surface area contributed by atoms with Crippen LogP contribution in [-0.2, 0) is 24.4 Å². The van der Waals surface area contributed by atoms with Crippen LogP contribution in [0.3, 0.4) is 0 Å². The van der Waals surface area contributed by atoms with E-state index in [-0.39, 0.29) is 18.3 Å². The number of hydrogen-bond donors (Lipinski definition) is 0. The molecule has 0 N–H and O–H groups in total. The van der Waals surface area contributed by atoms with E-state index in [0.29, 0.717) is 69.9 Å². The van der Waals surface area contributed by atoms with Crippen LogP contribution in [0.2, 0.25) is 15.1 Å². The maximum absolute atomic E-state index is 13.4. The van der Waals surface area contributed by atoms with Gasteiger partial charge in [-0.15, -0.1) is 0 Å². The Morgan fingerprint density at radius 2 is 1.89 bits per heavy atom. The molecule has 0 saturated heterocycles. The molecule has 36 heavy (non-hydrogen) atoms. The van der Waals surface area contributed by atoms with Gasteiger partial charge >= 0.3 is 0 Å². The summed E-state index contributed by atoms with van der Waals surface area (Å²) in [4.78, 5) is 15.5. The normalized spacial score (nSPS) is 17.7. The van der Waals surface area contributed by atoms with Crippen molar-refractivity contribution in [3.63, 3.8) is 0 Å². The Morgan fingerprint density at radius 3 is 2.72 bits per heavy atom. The number of ketones is 1. The average Bonchev–Trinajstić information content (AvgIpc) is 3.18. The van der Waals surface area contributed by atoms with E-state index in [9.17, 15) is 4.79 Å². The number of rotatable bonds is 3. The summed E-state index contributed by atoms with van der Waals surface area (Å²) in [6, 6.07) is 10.9. The molecule has 0 unspecified atom stereocenters. The van der Waals surface area contributed by atoms with Gasteiger partial charge in [-0.3, -0.25) is 9.69 Å². The van der Waals surface area contributed by atoms with Gasteiger partial charge in [0.2, 0.25) is 5.78 Å². The van der Waals surface area contributed by atoms with Crippen molar-refractivity contribution in [3.8, 4) is 17.2 Å². The molecule has 6 nitrogen and oxygen atoms in total. The van der Waals surface area contributed by atoms with Crippen LogP contribution in [0.25, 0.3) is 6.08 Å².